The van der Waals surface area contributed by atoms with Crippen molar-refractivity contribution >= 4 is 22.5 Å². The van der Waals surface area contributed by atoms with Gasteiger partial charge in [0.1, 0.15) is 5.82 Å². The van der Waals surface area contributed by atoms with Crippen molar-refractivity contribution in [1.82, 2.24) is 4.57 Å². The molecule has 0 spiro atoms. The lowest BCUT2D eigenvalue weighted by molar-refractivity contribution is 0.102. The number of nitrogens with zero attached hydrogens (tertiary/aromatic N) is 1. The van der Waals surface area contributed by atoms with E-state index in [9.17, 15) is 9.18 Å². The van der Waals surface area contributed by atoms with Crippen LogP contribution in [-0.2, 0) is 0 Å². The monoisotopic (exact) mass is 330 g/mol. The van der Waals surface area contributed by atoms with Crippen LogP contribution in [0.4, 0.5) is 10.1 Å². The van der Waals surface area contributed by atoms with Crippen molar-refractivity contribution in [2.75, 3.05) is 5.32 Å². The number of amides is 1. The number of fused-ring (bicyclic) bond motifs is 1. The minimum atomic E-state index is -0.385. The van der Waals surface area contributed by atoms with Gasteiger partial charge in [0.25, 0.3) is 5.91 Å². The number of hydrogen-bond donors (Lipinski definition) is 1. The van der Waals surface area contributed by atoms with Crippen LogP contribution in [0, 0.1) is 5.82 Å². The Morgan fingerprint density at radius 2 is 1.64 bits per heavy atom. The average molecular weight is 330 g/mol. The van der Waals surface area contributed by atoms with Crippen molar-refractivity contribution < 1.29 is 9.18 Å². The van der Waals surface area contributed by atoms with E-state index < -0.39 is 0 Å². The van der Waals surface area contributed by atoms with Gasteiger partial charge in [-0.15, -0.1) is 0 Å². The Balaban J connectivity index is 1.78. The molecule has 4 aromatic rings. The quantitative estimate of drug-likeness (QED) is 0.562. The van der Waals surface area contributed by atoms with Crippen LogP contribution in [0.2, 0.25) is 0 Å². The number of para-hydroxylation sites is 2. The first kappa shape index (κ1) is 15.1. The van der Waals surface area contributed by atoms with Gasteiger partial charge in [0, 0.05) is 23.0 Å². The summed E-state index contributed by atoms with van der Waals surface area (Å²) in [6, 6.07) is 23.4. The van der Waals surface area contributed by atoms with Gasteiger partial charge in [-0.2, -0.15) is 0 Å². The summed E-state index contributed by atoms with van der Waals surface area (Å²) in [5.41, 5.74) is 2.90. The maximum atomic E-state index is 13.3. The van der Waals surface area contributed by atoms with Crippen LogP contribution < -0.4 is 5.32 Å². The maximum absolute atomic E-state index is 13.3. The number of anilines is 1. The van der Waals surface area contributed by atoms with Gasteiger partial charge in [0.2, 0.25) is 0 Å². The first-order chi connectivity index (χ1) is 12.2. The highest BCUT2D eigenvalue weighted by molar-refractivity contribution is 6.13. The van der Waals surface area contributed by atoms with E-state index in [0.29, 0.717) is 11.3 Å². The summed E-state index contributed by atoms with van der Waals surface area (Å²) in [5, 5.41) is 3.61. The predicted octanol–water partition coefficient (Wildman–Crippen LogP) is 5.02. The summed E-state index contributed by atoms with van der Waals surface area (Å²) in [5.74, 6) is -0.652. The van der Waals surface area contributed by atoms with Crippen molar-refractivity contribution in [3.8, 4) is 5.69 Å². The van der Waals surface area contributed by atoms with E-state index in [0.717, 1.165) is 16.6 Å². The zero-order valence-electron chi connectivity index (χ0n) is 13.3. The number of hydrogen-bond acceptors (Lipinski definition) is 1. The van der Waals surface area contributed by atoms with E-state index in [4.69, 9.17) is 0 Å². The second kappa shape index (κ2) is 6.24. The second-order valence-electron chi connectivity index (χ2n) is 5.73. The fraction of sp³-hybridized carbons (Fsp3) is 0. The molecule has 0 saturated carbocycles. The molecule has 0 aliphatic heterocycles. The predicted molar refractivity (Wildman–Crippen MR) is 97.6 cm³/mol. The number of aromatic nitrogens is 1. The van der Waals surface area contributed by atoms with Gasteiger partial charge >= 0.3 is 0 Å². The third-order valence-corrected chi connectivity index (χ3v) is 4.07. The summed E-state index contributed by atoms with van der Waals surface area (Å²) >= 11 is 0. The minimum absolute atomic E-state index is 0.267. The van der Waals surface area contributed by atoms with Crippen LogP contribution in [0.3, 0.4) is 0 Å². The molecule has 0 aliphatic rings. The molecular formula is C21H15FN2O. The molecule has 0 unspecified atom stereocenters. The van der Waals surface area contributed by atoms with E-state index in [1.807, 2.05) is 65.4 Å². The molecule has 1 N–H and O–H groups in total. The molecule has 3 nitrogen and oxygen atoms in total. The van der Waals surface area contributed by atoms with Crippen molar-refractivity contribution in [2.45, 2.75) is 0 Å². The number of halogens is 1. The number of nitrogens with one attached hydrogen (secondary N) is 1. The van der Waals surface area contributed by atoms with Gasteiger partial charge < -0.3 is 9.88 Å². The smallest absolute Gasteiger partial charge is 0.257 e. The zero-order chi connectivity index (χ0) is 17.2. The molecule has 1 aromatic heterocycles. The van der Waals surface area contributed by atoms with Crippen molar-refractivity contribution in [1.29, 1.82) is 0 Å². The van der Waals surface area contributed by atoms with Gasteiger partial charge in [-0.25, -0.2) is 4.39 Å². The summed E-state index contributed by atoms with van der Waals surface area (Å²) in [7, 11) is 0. The highest BCUT2D eigenvalue weighted by atomic mass is 19.1. The van der Waals surface area contributed by atoms with Crippen LogP contribution in [0.1, 0.15) is 10.4 Å². The van der Waals surface area contributed by atoms with E-state index >= 15 is 0 Å². The van der Waals surface area contributed by atoms with Crippen LogP contribution >= 0.6 is 0 Å². The first-order valence-corrected chi connectivity index (χ1v) is 7.95. The molecule has 122 valence electrons. The van der Waals surface area contributed by atoms with E-state index in [1.165, 1.54) is 12.1 Å². The molecule has 0 radical (unpaired) electrons. The summed E-state index contributed by atoms with van der Waals surface area (Å²) in [6.45, 7) is 0. The van der Waals surface area contributed by atoms with Crippen molar-refractivity contribution in [3.63, 3.8) is 0 Å². The minimum Gasteiger partial charge on any atom is -0.322 e. The Kier molecular flexibility index (Phi) is 3.78. The van der Waals surface area contributed by atoms with Crippen LogP contribution in [0.5, 0.6) is 0 Å². The van der Waals surface area contributed by atoms with Crippen LogP contribution in [0.25, 0.3) is 16.6 Å². The molecular weight excluding hydrogens is 315 g/mol. The SMILES string of the molecule is O=C(Nc1cccc(F)c1)c1cn(-c2ccccc2)c2ccccc12. The lowest BCUT2D eigenvalue weighted by Crippen LogP contribution is -2.11. The maximum Gasteiger partial charge on any atom is 0.257 e. The molecule has 0 saturated heterocycles. The molecule has 0 aliphatic carbocycles. The van der Waals surface area contributed by atoms with Crippen LogP contribution in [0.15, 0.2) is 85.1 Å². The summed E-state index contributed by atoms with van der Waals surface area (Å²) in [6.07, 6.45) is 1.81. The zero-order valence-corrected chi connectivity index (χ0v) is 13.3. The van der Waals surface area contributed by atoms with Crippen molar-refractivity contribution in [2.24, 2.45) is 0 Å². The van der Waals surface area contributed by atoms with Gasteiger partial charge in [-0.3, -0.25) is 4.79 Å². The average Bonchev–Trinajstić information content (AvgIpc) is 3.02. The molecule has 3 aromatic carbocycles. The van der Waals surface area contributed by atoms with E-state index in [1.54, 1.807) is 12.1 Å². The lowest BCUT2D eigenvalue weighted by Gasteiger charge is -2.04. The molecule has 1 amide bonds. The number of carbonyl (C=O) groups excluding carboxylic acids is 1. The lowest BCUT2D eigenvalue weighted by atomic mass is 10.1. The van der Waals surface area contributed by atoms with Crippen molar-refractivity contribution in [3.05, 3.63) is 96.4 Å². The molecule has 4 rings (SSSR count). The first-order valence-electron chi connectivity index (χ1n) is 7.95. The number of rotatable bonds is 3. The van der Waals surface area contributed by atoms with E-state index in [2.05, 4.69) is 5.32 Å². The second-order valence-corrected chi connectivity index (χ2v) is 5.73. The van der Waals surface area contributed by atoms with Gasteiger partial charge in [0.05, 0.1) is 11.1 Å². The number of benzene rings is 3. The summed E-state index contributed by atoms with van der Waals surface area (Å²) in [4.78, 5) is 12.7. The molecule has 1 heterocycles. The molecule has 0 fully saturated rings. The van der Waals surface area contributed by atoms with Gasteiger partial charge in [-0.05, 0) is 36.4 Å². The molecule has 0 atom stereocenters. The Bertz CT molecular complexity index is 1050. The van der Waals surface area contributed by atoms with Gasteiger partial charge in [0.15, 0.2) is 0 Å². The molecule has 0 bridgehead atoms. The Morgan fingerprint density at radius 1 is 0.880 bits per heavy atom. The largest absolute Gasteiger partial charge is 0.322 e. The Hall–Kier alpha value is -3.40. The molecule has 4 heteroatoms. The third-order valence-electron chi connectivity index (χ3n) is 4.07. The highest BCUT2D eigenvalue weighted by Crippen LogP contribution is 2.25. The fourth-order valence-corrected chi connectivity index (χ4v) is 2.93. The third kappa shape index (κ3) is 2.90. The fourth-order valence-electron chi connectivity index (χ4n) is 2.93. The normalized spacial score (nSPS) is 10.8. The Labute approximate surface area is 144 Å². The van der Waals surface area contributed by atoms with E-state index in [-0.39, 0.29) is 11.7 Å². The topological polar surface area (TPSA) is 34.0 Å². The standard InChI is InChI=1S/C21H15FN2O/c22-15-7-6-8-16(13-15)23-21(25)19-14-24(17-9-2-1-3-10-17)20-12-5-4-11-18(19)20/h1-14H,(H,23,25). The Morgan fingerprint density at radius 3 is 2.44 bits per heavy atom. The van der Waals surface area contributed by atoms with Gasteiger partial charge in [-0.1, -0.05) is 42.5 Å². The molecule has 25 heavy (non-hydrogen) atoms. The number of carbonyl (C=O) groups is 1. The highest BCUT2D eigenvalue weighted by Gasteiger charge is 2.16. The van der Waals surface area contributed by atoms with Crippen LogP contribution in [-0.4, -0.2) is 10.5 Å². The summed E-state index contributed by atoms with van der Waals surface area (Å²) < 4.78 is 15.3.